The summed E-state index contributed by atoms with van der Waals surface area (Å²) < 4.78 is 41.1. The zero-order valence-electron chi connectivity index (χ0n) is 12.4. The van der Waals surface area contributed by atoms with Crippen molar-refractivity contribution in [3.63, 3.8) is 0 Å². The first-order valence-corrected chi connectivity index (χ1v) is 7.45. The van der Waals surface area contributed by atoms with Gasteiger partial charge in [-0.05, 0) is 47.9 Å². The number of benzene rings is 2. The number of alkyl halides is 3. The van der Waals surface area contributed by atoms with Crippen LogP contribution in [0.25, 0.3) is 5.69 Å². The summed E-state index contributed by atoms with van der Waals surface area (Å²) in [4.78, 5) is 3.85. The number of nitrogens with two attached hydrogens (primary N) is 1. The van der Waals surface area contributed by atoms with E-state index in [2.05, 4.69) is 4.98 Å². The molecule has 0 aliphatic carbocycles. The molecule has 0 aliphatic heterocycles. The first-order chi connectivity index (χ1) is 11.3. The third kappa shape index (κ3) is 3.54. The SMILES string of the molecule is Nc1nccn1-c1cc(Cc2cccc(Cl)c2)cc(C(F)(F)F)c1. The molecule has 124 valence electrons. The predicted octanol–water partition coefficient (Wildman–Crippen LogP) is 4.72. The first kappa shape index (κ1) is 16.4. The van der Waals surface area contributed by atoms with Crippen LogP contribution in [0.2, 0.25) is 5.02 Å². The third-order valence-electron chi connectivity index (χ3n) is 3.55. The summed E-state index contributed by atoms with van der Waals surface area (Å²) in [5, 5.41) is 0.540. The second-order valence-corrected chi connectivity index (χ2v) is 5.78. The van der Waals surface area contributed by atoms with E-state index in [0.717, 1.165) is 17.7 Å². The summed E-state index contributed by atoms with van der Waals surface area (Å²) in [5.41, 5.74) is 6.63. The Morgan fingerprint density at radius 2 is 1.88 bits per heavy atom. The van der Waals surface area contributed by atoms with Crippen LogP contribution in [-0.2, 0) is 12.6 Å². The fourth-order valence-corrected chi connectivity index (χ4v) is 2.71. The molecule has 0 spiro atoms. The Hall–Kier alpha value is -2.47. The molecule has 0 saturated carbocycles. The Morgan fingerprint density at radius 3 is 2.50 bits per heavy atom. The van der Waals surface area contributed by atoms with Gasteiger partial charge < -0.3 is 5.73 Å². The number of imidazole rings is 1. The Bertz CT molecular complexity index is 872. The zero-order valence-corrected chi connectivity index (χ0v) is 13.1. The molecule has 0 fully saturated rings. The highest BCUT2D eigenvalue weighted by atomic mass is 35.5. The molecule has 1 heterocycles. The number of hydrogen-bond donors (Lipinski definition) is 1. The van der Waals surface area contributed by atoms with Crippen LogP contribution in [0.3, 0.4) is 0 Å². The molecular weight excluding hydrogens is 339 g/mol. The lowest BCUT2D eigenvalue weighted by atomic mass is 10.0. The summed E-state index contributed by atoms with van der Waals surface area (Å²) >= 11 is 5.94. The van der Waals surface area contributed by atoms with E-state index in [0.29, 0.717) is 22.7 Å². The quantitative estimate of drug-likeness (QED) is 0.742. The number of halogens is 4. The lowest BCUT2D eigenvalue weighted by Gasteiger charge is -2.14. The van der Waals surface area contributed by atoms with Crippen LogP contribution in [0, 0.1) is 0 Å². The number of aromatic nitrogens is 2. The van der Waals surface area contributed by atoms with Crippen LogP contribution >= 0.6 is 11.6 Å². The fraction of sp³-hybridized carbons (Fsp3) is 0.118. The van der Waals surface area contributed by atoms with Crippen molar-refractivity contribution in [2.45, 2.75) is 12.6 Å². The van der Waals surface area contributed by atoms with Crippen LogP contribution in [0.1, 0.15) is 16.7 Å². The Morgan fingerprint density at radius 1 is 1.08 bits per heavy atom. The van der Waals surface area contributed by atoms with Crippen molar-refractivity contribution in [3.05, 3.63) is 76.6 Å². The van der Waals surface area contributed by atoms with E-state index in [1.54, 1.807) is 24.3 Å². The molecule has 3 nitrogen and oxygen atoms in total. The average Bonchev–Trinajstić information content (AvgIpc) is 2.92. The Kier molecular flexibility index (Phi) is 4.24. The fourth-order valence-electron chi connectivity index (χ4n) is 2.49. The monoisotopic (exact) mass is 351 g/mol. The lowest BCUT2D eigenvalue weighted by molar-refractivity contribution is -0.137. The summed E-state index contributed by atoms with van der Waals surface area (Å²) in [5.74, 6) is 0.128. The number of nitrogen functional groups attached to an aromatic ring is 1. The van der Waals surface area contributed by atoms with Gasteiger partial charge in [-0.3, -0.25) is 4.57 Å². The minimum Gasteiger partial charge on any atom is -0.369 e. The van der Waals surface area contributed by atoms with Gasteiger partial charge in [-0.25, -0.2) is 4.98 Å². The van der Waals surface area contributed by atoms with E-state index in [9.17, 15) is 13.2 Å². The Balaban J connectivity index is 2.07. The van der Waals surface area contributed by atoms with Crippen LogP contribution in [-0.4, -0.2) is 9.55 Å². The van der Waals surface area contributed by atoms with E-state index in [4.69, 9.17) is 17.3 Å². The summed E-state index contributed by atoms with van der Waals surface area (Å²) in [6, 6.07) is 10.9. The van der Waals surface area contributed by atoms with Crippen molar-refractivity contribution < 1.29 is 13.2 Å². The molecular formula is C17H13ClF3N3. The molecule has 0 aliphatic rings. The first-order valence-electron chi connectivity index (χ1n) is 7.08. The molecule has 0 amide bonds. The van der Waals surface area contributed by atoms with E-state index in [-0.39, 0.29) is 5.95 Å². The maximum Gasteiger partial charge on any atom is 0.416 e. The number of anilines is 1. The van der Waals surface area contributed by atoms with Crippen molar-refractivity contribution in [2.24, 2.45) is 0 Å². The molecule has 0 saturated heterocycles. The molecule has 0 radical (unpaired) electrons. The van der Waals surface area contributed by atoms with Crippen LogP contribution in [0.15, 0.2) is 54.9 Å². The minimum absolute atomic E-state index is 0.128. The largest absolute Gasteiger partial charge is 0.416 e. The summed E-state index contributed by atoms with van der Waals surface area (Å²) in [6.07, 6.45) is -1.17. The highest BCUT2D eigenvalue weighted by molar-refractivity contribution is 6.30. The van der Waals surface area contributed by atoms with Gasteiger partial charge >= 0.3 is 6.18 Å². The number of hydrogen-bond acceptors (Lipinski definition) is 2. The molecule has 0 unspecified atom stereocenters. The summed E-state index contributed by atoms with van der Waals surface area (Å²) in [6.45, 7) is 0. The van der Waals surface area contributed by atoms with Gasteiger partial charge in [0.2, 0.25) is 5.95 Å². The van der Waals surface area contributed by atoms with Gasteiger partial charge in [0.1, 0.15) is 0 Å². The molecule has 3 aromatic rings. The van der Waals surface area contributed by atoms with Gasteiger partial charge in [0.05, 0.1) is 5.56 Å². The molecule has 7 heteroatoms. The highest BCUT2D eigenvalue weighted by Crippen LogP contribution is 2.32. The standard InChI is InChI=1S/C17H13ClF3N3/c18-14-3-1-2-11(8-14)6-12-7-13(17(19,20)21)10-15(9-12)24-5-4-23-16(24)22/h1-5,7-10H,6H2,(H2,22,23). The predicted molar refractivity (Wildman–Crippen MR) is 87.2 cm³/mol. The van der Waals surface area contributed by atoms with E-state index in [1.807, 2.05) is 6.07 Å². The van der Waals surface area contributed by atoms with Gasteiger partial charge in [-0.15, -0.1) is 0 Å². The Labute approximate surface area is 141 Å². The molecule has 24 heavy (non-hydrogen) atoms. The van der Waals surface area contributed by atoms with Gasteiger partial charge in [-0.1, -0.05) is 23.7 Å². The van der Waals surface area contributed by atoms with E-state index in [1.165, 1.54) is 17.0 Å². The minimum atomic E-state index is -4.45. The number of nitrogens with zero attached hydrogens (tertiary/aromatic N) is 2. The third-order valence-corrected chi connectivity index (χ3v) is 3.78. The molecule has 2 aromatic carbocycles. The molecule has 1 aromatic heterocycles. The second kappa shape index (κ2) is 6.20. The average molecular weight is 352 g/mol. The van der Waals surface area contributed by atoms with Crippen LogP contribution in [0.4, 0.5) is 19.1 Å². The van der Waals surface area contributed by atoms with Gasteiger partial charge in [0.15, 0.2) is 0 Å². The van der Waals surface area contributed by atoms with Crippen molar-refractivity contribution in [1.29, 1.82) is 0 Å². The van der Waals surface area contributed by atoms with Crippen molar-refractivity contribution in [3.8, 4) is 5.69 Å². The van der Waals surface area contributed by atoms with Gasteiger partial charge in [0.25, 0.3) is 0 Å². The van der Waals surface area contributed by atoms with Gasteiger partial charge in [0, 0.05) is 23.1 Å². The van der Waals surface area contributed by atoms with E-state index < -0.39 is 11.7 Å². The second-order valence-electron chi connectivity index (χ2n) is 5.35. The highest BCUT2D eigenvalue weighted by Gasteiger charge is 2.31. The van der Waals surface area contributed by atoms with Crippen LogP contribution in [0.5, 0.6) is 0 Å². The lowest BCUT2D eigenvalue weighted by Crippen LogP contribution is -2.09. The van der Waals surface area contributed by atoms with Crippen LogP contribution < -0.4 is 5.73 Å². The van der Waals surface area contributed by atoms with Crippen molar-refractivity contribution >= 4 is 17.5 Å². The maximum absolute atomic E-state index is 13.2. The maximum atomic E-state index is 13.2. The van der Waals surface area contributed by atoms with Crippen molar-refractivity contribution in [2.75, 3.05) is 5.73 Å². The van der Waals surface area contributed by atoms with E-state index >= 15 is 0 Å². The zero-order chi connectivity index (χ0) is 17.3. The molecule has 3 rings (SSSR count). The molecule has 2 N–H and O–H groups in total. The smallest absolute Gasteiger partial charge is 0.369 e. The summed E-state index contributed by atoms with van der Waals surface area (Å²) in [7, 11) is 0. The van der Waals surface area contributed by atoms with Crippen molar-refractivity contribution in [1.82, 2.24) is 9.55 Å². The number of rotatable bonds is 3. The van der Waals surface area contributed by atoms with Gasteiger partial charge in [-0.2, -0.15) is 13.2 Å². The molecule has 0 atom stereocenters. The topological polar surface area (TPSA) is 43.8 Å². The molecule has 0 bridgehead atoms. The normalized spacial score (nSPS) is 11.7.